The molecule has 0 aliphatic rings. The van der Waals surface area contributed by atoms with Gasteiger partial charge < -0.3 is 10.1 Å². The Labute approximate surface area is 172 Å². The Hall–Kier alpha value is -3.39. The highest BCUT2D eigenvalue weighted by Gasteiger charge is 2.09. The number of ether oxygens (including phenoxy) is 1. The fourth-order valence-electron chi connectivity index (χ4n) is 2.41. The van der Waals surface area contributed by atoms with Gasteiger partial charge in [-0.2, -0.15) is 0 Å². The van der Waals surface area contributed by atoms with E-state index in [4.69, 9.17) is 16.3 Å². The van der Waals surface area contributed by atoms with Gasteiger partial charge in [0, 0.05) is 11.6 Å². The van der Waals surface area contributed by atoms with Crippen molar-refractivity contribution in [1.82, 2.24) is 20.1 Å². The van der Waals surface area contributed by atoms with Gasteiger partial charge in [-0.3, -0.25) is 14.9 Å². The van der Waals surface area contributed by atoms with Crippen LogP contribution in [0.2, 0.25) is 5.02 Å². The highest BCUT2D eigenvalue weighted by molar-refractivity contribution is 6.30. The molecule has 0 unspecified atom stereocenters. The van der Waals surface area contributed by atoms with E-state index in [2.05, 4.69) is 20.7 Å². The average Bonchev–Trinajstić information content (AvgIpc) is 3.15. The van der Waals surface area contributed by atoms with Crippen LogP contribution >= 0.6 is 11.6 Å². The number of carbonyl (C=O) groups is 2. The number of benzene rings is 2. The van der Waals surface area contributed by atoms with Gasteiger partial charge in [0.05, 0.1) is 13.0 Å². The summed E-state index contributed by atoms with van der Waals surface area (Å²) in [5, 5.41) is 10.1. The van der Waals surface area contributed by atoms with Crippen molar-refractivity contribution in [1.29, 1.82) is 0 Å². The molecule has 9 heteroatoms. The molecule has 3 rings (SSSR count). The maximum Gasteiger partial charge on any atom is 0.248 e. The van der Waals surface area contributed by atoms with Crippen molar-refractivity contribution in [3.05, 3.63) is 71.5 Å². The molecule has 0 aliphatic heterocycles. The number of anilines is 1. The van der Waals surface area contributed by atoms with Gasteiger partial charge in [-0.05, 0) is 29.8 Å². The molecule has 0 atom stereocenters. The summed E-state index contributed by atoms with van der Waals surface area (Å²) in [6.45, 7) is 0.650. The fraction of sp³-hybridized carbons (Fsp3) is 0.200. The first-order valence-electron chi connectivity index (χ1n) is 8.97. The number of nitrogens with one attached hydrogen (secondary N) is 2. The van der Waals surface area contributed by atoms with E-state index < -0.39 is 0 Å². The third kappa shape index (κ3) is 6.93. The van der Waals surface area contributed by atoms with Crippen LogP contribution in [0.4, 0.5) is 5.95 Å². The zero-order valence-corrected chi connectivity index (χ0v) is 16.3. The Morgan fingerprint density at radius 3 is 2.55 bits per heavy atom. The highest BCUT2D eigenvalue weighted by atomic mass is 35.5. The van der Waals surface area contributed by atoms with Gasteiger partial charge in [-0.1, -0.05) is 41.9 Å². The third-order valence-electron chi connectivity index (χ3n) is 3.84. The van der Waals surface area contributed by atoms with E-state index >= 15 is 0 Å². The van der Waals surface area contributed by atoms with E-state index in [1.54, 1.807) is 24.3 Å². The van der Waals surface area contributed by atoms with Gasteiger partial charge >= 0.3 is 0 Å². The molecule has 0 aliphatic carbocycles. The molecule has 0 radical (unpaired) electrons. The third-order valence-corrected chi connectivity index (χ3v) is 4.09. The second-order valence-electron chi connectivity index (χ2n) is 6.13. The van der Waals surface area contributed by atoms with Gasteiger partial charge in [0.25, 0.3) is 0 Å². The van der Waals surface area contributed by atoms with E-state index in [9.17, 15) is 9.59 Å². The molecular weight excluding hydrogens is 394 g/mol. The van der Waals surface area contributed by atoms with Crippen LogP contribution in [-0.2, 0) is 22.7 Å². The maximum atomic E-state index is 12.0. The number of nitrogens with zero attached hydrogens (tertiary/aromatic N) is 3. The molecule has 0 saturated carbocycles. The number of carbonyl (C=O) groups excluding carboxylic acids is 2. The summed E-state index contributed by atoms with van der Waals surface area (Å²) in [5.41, 5.74) is 1.01. The number of rotatable bonds is 9. The van der Waals surface area contributed by atoms with Crippen molar-refractivity contribution in [2.75, 3.05) is 11.9 Å². The molecule has 2 N–H and O–H groups in total. The zero-order valence-electron chi connectivity index (χ0n) is 15.5. The van der Waals surface area contributed by atoms with E-state index in [0.29, 0.717) is 17.3 Å². The minimum absolute atomic E-state index is 0.00931. The van der Waals surface area contributed by atoms with Crippen molar-refractivity contribution in [3.8, 4) is 5.75 Å². The van der Waals surface area contributed by atoms with Crippen molar-refractivity contribution >= 4 is 29.4 Å². The van der Waals surface area contributed by atoms with Crippen LogP contribution in [0.15, 0.2) is 60.9 Å². The Balaban J connectivity index is 1.38. The zero-order chi connectivity index (χ0) is 20.5. The van der Waals surface area contributed by atoms with Gasteiger partial charge in [0.2, 0.25) is 17.8 Å². The number of amides is 2. The summed E-state index contributed by atoms with van der Waals surface area (Å²) in [6.07, 6.45) is 1.52. The molecule has 3 aromatic rings. The Bertz CT molecular complexity index is 944. The molecule has 29 heavy (non-hydrogen) atoms. The minimum Gasteiger partial charge on any atom is -0.493 e. The van der Waals surface area contributed by atoms with Crippen LogP contribution in [-0.4, -0.2) is 33.2 Å². The predicted molar refractivity (Wildman–Crippen MR) is 109 cm³/mol. The number of hydrogen-bond donors (Lipinski definition) is 2. The summed E-state index contributed by atoms with van der Waals surface area (Å²) in [6, 6.07) is 16.5. The molecule has 150 valence electrons. The molecule has 2 amide bonds. The van der Waals surface area contributed by atoms with Crippen molar-refractivity contribution in [2.24, 2.45) is 0 Å². The summed E-state index contributed by atoms with van der Waals surface area (Å²) in [5.74, 6) is 0.279. The molecule has 0 spiro atoms. The monoisotopic (exact) mass is 413 g/mol. The highest BCUT2D eigenvalue weighted by Crippen LogP contribution is 2.15. The first kappa shape index (κ1) is 20.3. The Morgan fingerprint density at radius 2 is 1.79 bits per heavy atom. The second kappa shape index (κ2) is 10.2. The molecule has 2 aromatic carbocycles. The lowest BCUT2D eigenvalue weighted by molar-refractivity contribution is -0.122. The summed E-state index contributed by atoms with van der Waals surface area (Å²) in [7, 11) is 0. The lowest BCUT2D eigenvalue weighted by Crippen LogP contribution is -2.27. The van der Waals surface area contributed by atoms with Gasteiger partial charge in [0.15, 0.2) is 0 Å². The molecule has 0 bridgehead atoms. The summed E-state index contributed by atoms with van der Waals surface area (Å²) in [4.78, 5) is 28.0. The molecule has 8 nitrogen and oxygen atoms in total. The van der Waals surface area contributed by atoms with E-state index in [1.165, 1.54) is 11.0 Å². The first-order chi connectivity index (χ1) is 14.1. The number of aromatic nitrogens is 3. The van der Waals surface area contributed by atoms with Crippen molar-refractivity contribution in [3.63, 3.8) is 0 Å². The Morgan fingerprint density at radius 1 is 1.03 bits per heavy atom. The van der Waals surface area contributed by atoms with Gasteiger partial charge in [-0.25, -0.2) is 9.67 Å². The van der Waals surface area contributed by atoms with Crippen LogP contribution in [0.3, 0.4) is 0 Å². The maximum absolute atomic E-state index is 12.0. The molecule has 1 heterocycles. The lowest BCUT2D eigenvalue weighted by atomic mass is 10.2. The second-order valence-corrected chi connectivity index (χ2v) is 6.57. The summed E-state index contributed by atoms with van der Waals surface area (Å²) < 4.78 is 6.83. The predicted octanol–water partition coefficient (Wildman–Crippen LogP) is 2.66. The molecule has 0 saturated heterocycles. The smallest absolute Gasteiger partial charge is 0.248 e. The molecule has 0 fully saturated rings. The average molecular weight is 414 g/mol. The van der Waals surface area contributed by atoms with Gasteiger partial charge in [0.1, 0.15) is 18.6 Å². The van der Waals surface area contributed by atoms with Crippen LogP contribution < -0.4 is 15.4 Å². The minimum atomic E-state index is -0.287. The lowest BCUT2D eigenvalue weighted by Gasteiger charge is -2.06. The van der Waals surface area contributed by atoms with Crippen molar-refractivity contribution in [2.45, 2.75) is 19.5 Å². The number of hydrogen-bond acceptors (Lipinski definition) is 5. The SMILES string of the molecule is O=C(Cn1cnc(NC(=O)CCOc2ccc(Cl)cc2)n1)NCc1ccccc1. The first-order valence-corrected chi connectivity index (χ1v) is 9.34. The fourth-order valence-corrected chi connectivity index (χ4v) is 2.53. The van der Waals surface area contributed by atoms with Gasteiger partial charge in [-0.15, -0.1) is 5.10 Å². The van der Waals surface area contributed by atoms with E-state index in [-0.39, 0.29) is 37.3 Å². The van der Waals surface area contributed by atoms with Crippen LogP contribution in [0, 0.1) is 0 Å². The molecular formula is C20H20ClN5O3. The van der Waals surface area contributed by atoms with E-state index in [1.807, 2.05) is 30.3 Å². The molecule has 1 aromatic heterocycles. The van der Waals surface area contributed by atoms with Crippen LogP contribution in [0.5, 0.6) is 5.75 Å². The van der Waals surface area contributed by atoms with Crippen LogP contribution in [0.25, 0.3) is 0 Å². The standard InChI is InChI=1S/C20H20ClN5O3/c21-16-6-8-17(9-7-16)29-11-10-18(27)24-20-23-14-26(25-20)13-19(28)22-12-15-4-2-1-3-5-15/h1-9,14H,10-13H2,(H,22,28)(H,24,25,27). The van der Waals surface area contributed by atoms with Crippen molar-refractivity contribution < 1.29 is 14.3 Å². The largest absolute Gasteiger partial charge is 0.493 e. The number of halogens is 1. The summed E-state index contributed by atoms with van der Waals surface area (Å²) >= 11 is 5.80. The topological polar surface area (TPSA) is 98.1 Å². The van der Waals surface area contributed by atoms with E-state index in [0.717, 1.165) is 5.56 Å². The van der Waals surface area contributed by atoms with Crippen LogP contribution in [0.1, 0.15) is 12.0 Å². The normalized spacial score (nSPS) is 10.4. The Kier molecular flexibility index (Phi) is 7.18. The quantitative estimate of drug-likeness (QED) is 0.562.